The van der Waals surface area contributed by atoms with Crippen molar-refractivity contribution in [3.63, 3.8) is 0 Å². The Labute approximate surface area is 189 Å². The van der Waals surface area contributed by atoms with Gasteiger partial charge in [0.1, 0.15) is 0 Å². The minimum absolute atomic E-state index is 0.0899. The summed E-state index contributed by atoms with van der Waals surface area (Å²) < 4.78 is 0. The summed E-state index contributed by atoms with van der Waals surface area (Å²) in [5, 5.41) is 42.0. The van der Waals surface area contributed by atoms with Gasteiger partial charge < -0.3 is 20.4 Å². The van der Waals surface area contributed by atoms with Crippen molar-refractivity contribution >= 4 is 0 Å². The molecule has 12 atom stereocenters. The molecule has 1 unspecified atom stereocenters. The molecule has 178 valence electrons. The Morgan fingerprint density at radius 1 is 0.903 bits per heavy atom. The Hall–Kier alpha value is -0.420. The van der Waals surface area contributed by atoms with E-state index in [-0.39, 0.29) is 47.6 Å². The van der Waals surface area contributed by atoms with Crippen molar-refractivity contribution in [2.75, 3.05) is 6.61 Å². The first-order valence-corrected chi connectivity index (χ1v) is 12.9. The summed E-state index contributed by atoms with van der Waals surface area (Å²) in [6.07, 6.45) is 11.1. The van der Waals surface area contributed by atoms with E-state index < -0.39 is 0 Å². The van der Waals surface area contributed by atoms with Crippen LogP contribution in [0.2, 0.25) is 0 Å². The van der Waals surface area contributed by atoms with Crippen molar-refractivity contribution in [3.8, 4) is 0 Å². The molecule has 0 amide bonds. The fourth-order valence-electron chi connectivity index (χ4n) is 8.94. The minimum atomic E-state index is -0.355. The van der Waals surface area contributed by atoms with E-state index in [9.17, 15) is 20.4 Å². The van der Waals surface area contributed by atoms with Gasteiger partial charge in [-0.05, 0) is 104 Å². The van der Waals surface area contributed by atoms with Crippen LogP contribution >= 0.6 is 0 Å². The number of hydrogen-bond donors (Lipinski definition) is 4. The summed E-state index contributed by atoms with van der Waals surface area (Å²) in [6, 6.07) is 0. The van der Waals surface area contributed by atoms with Gasteiger partial charge in [0, 0.05) is 6.61 Å². The average Bonchev–Trinajstić information content (AvgIpc) is 3.00. The molecule has 0 bridgehead atoms. The second kappa shape index (κ2) is 8.74. The van der Waals surface area contributed by atoms with Crippen LogP contribution in [0.4, 0.5) is 0 Å². The molecular formula is C27H46O4. The summed E-state index contributed by atoms with van der Waals surface area (Å²) in [5.41, 5.74) is 0.205. The van der Waals surface area contributed by atoms with E-state index in [4.69, 9.17) is 0 Å². The highest BCUT2D eigenvalue weighted by molar-refractivity contribution is 5.14. The lowest BCUT2D eigenvalue weighted by molar-refractivity contribution is -0.180. The number of allylic oxidation sites excluding steroid dienone is 2. The first-order chi connectivity index (χ1) is 14.6. The van der Waals surface area contributed by atoms with Crippen molar-refractivity contribution in [1.82, 2.24) is 0 Å². The van der Waals surface area contributed by atoms with Crippen LogP contribution in [0.1, 0.15) is 79.1 Å². The molecule has 0 aromatic carbocycles. The maximum Gasteiger partial charge on any atom is 0.0579 e. The molecule has 0 aromatic rings. The molecule has 0 aliphatic heterocycles. The number of aliphatic hydroxyl groups is 4. The molecule has 0 aromatic heterocycles. The third-order valence-corrected chi connectivity index (χ3v) is 10.6. The predicted octanol–water partition coefficient (Wildman–Crippen LogP) is 4.16. The van der Waals surface area contributed by atoms with E-state index in [1.54, 1.807) is 0 Å². The van der Waals surface area contributed by atoms with Crippen molar-refractivity contribution in [2.45, 2.75) is 97.4 Å². The summed E-state index contributed by atoms with van der Waals surface area (Å²) in [7, 11) is 0. The van der Waals surface area contributed by atoms with E-state index in [1.165, 1.54) is 6.42 Å². The molecule has 4 aliphatic rings. The largest absolute Gasteiger partial charge is 0.396 e. The van der Waals surface area contributed by atoms with Crippen LogP contribution in [0.5, 0.6) is 0 Å². The molecule has 0 radical (unpaired) electrons. The molecule has 4 saturated carbocycles. The maximum absolute atomic E-state index is 11.3. The van der Waals surface area contributed by atoms with Crippen LogP contribution in [0, 0.1) is 52.3 Å². The first kappa shape index (κ1) is 23.7. The number of fused-ring (bicyclic) bond motifs is 5. The standard InChI is InChI=1S/C27H46O4/c1-16(15-28)6-5-7-17(2)21-14-24(31)25-19-13-23(30)22-12-18(29)8-10-26(22,3)20(19)9-11-27(21,25)4/h5,7,16-25,28-31H,6,8-15H2,1-4H3/b7-5+/t16?,17-,18+,19-,20+,21-,22-,23+,24-,25-,26-,27-/m1/s1. The van der Waals surface area contributed by atoms with Crippen LogP contribution in [-0.2, 0) is 0 Å². The van der Waals surface area contributed by atoms with Gasteiger partial charge in [0.2, 0.25) is 0 Å². The van der Waals surface area contributed by atoms with Gasteiger partial charge in [-0.15, -0.1) is 0 Å². The summed E-state index contributed by atoms with van der Waals surface area (Å²) in [4.78, 5) is 0. The second-order valence-electron chi connectivity index (χ2n) is 12.4. The highest BCUT2D eigenvalue weighted by Gasteiger charge is 2.64. The van der Waals surface area contributed by atoms with E-state index in [1.807, 2.05) is 0 Å². The summed E-state index contributed by atoms with van der Waals surface area (Å²) in [5.74, 6) is 2.57. The van der Waals surface area contributed by atoms with Crippen molar-refractivity contribution in [2.24, 2.45) is 52.3 Å². The Morgan fingerprint density at radius 3 is 2.32 bits per heavy atom. The fraction of sp³-hybridized carbons (Fsp3) is 0.926. The number of hydrogen-bond acceptors (Lipinski definition) is 4. The molecule has 31 heavy (non-hydrogen) atoms. The minimum Gasteiger partial charge on any atom is -0.396 e. The Bertz CT molecular complexity index is 664. The fourth-order valence-corrected chi connectivity index (χ4v) is 8.94. The maximum atomic E-state index is 11.3. The van der Waals surface area contributed by atoms with Gasteiger partial charge in [-0.2, -0.15) is 0 Å². The van der Waals surface area contributed by atoms with Gasteiger partial charge in [-0.25, -0.2) is 0 Å². The van der Waals surface area contributed by atoms with Crippen molar-refractivity contribution < 1.29 is 20.4 Å². The van der Waals surface area contributed by atoms with Crippen LogP contribution < -0.4 is 0 Å². The van der Waals surface area contributed by atoms with Gasteiger partial charge in [0.15, 0.2) is 0 Å². The molecule has 4 N–H and O–H groups in total. The average molecular weight is 435 g/mol. The zero-order valence-corrected chi connectivity index (χ0v) is 20.1. The van der Waals surface area contributed by atoms with E-state index in [2.05, 4.69) is 39.8 Å². The predicted molar refractivity (Wildman–Crippen MR) is 123 cm³/mol. The molecule has 4 aliphatic carbocycles. The molecular weight excluding hydrogens is 388 g/mol. The lowest BCUT2D eigenvalue weighted by atomic mass is 9.43. The summed E-state index contributed by atoms with van der Waals surface area (Å²) >= 11 is 0. The van der Waals surface area contributed by atoms with Crippen LogP contribution in [0.3, 0.4) is 0 Å². The topological polar surface area (TPSA) is 80.9 Å². The smallest absolute Gasteiger partial charge is 0.0579 e. The number of rotatable bonds is 5. The zero-order valence-electron chi connectivity index (χ0n) is 20.1. The van der Waals surface area contributed by atoms with Crippen LogP contribution in [0.15, 0.2) is 12.2 Å². The van der Waals surface area contributed by atoms with Gasteiger partial charge in [-0.1, -0.05) is 39.8 Å². The molecule has 4 fully saturated rings. The summed E-state index contributed by atoms with van der Waals surface area (Å²) in [6.45, 7) is 9.38. The highest BCUT2D eigenvalue weighted by atomic mass is 16.3. The Kier molecular flexibility index (Phi) is 6.69. The monoisotopic (exact) mass is 434 g/mol. The lowest BCUT2D eigenvalue weighted by Gasteiger charge is -2.62. The molecule has 0 heterocycles. The first-order valence-electron chi connectivity index (χ1n) is 12.9. The highest BCUT2D eigenvalue weighted by Crippen LogP contribution is 2.68. The lowest BCUT2D eigenvalue weighted by Crippen LogP contribution is -2.59. The third kappa shape index (κ3) is 3.94. The quantitative estimate of drug-likeness (QED) is 0.490. The third-order valence-electron chi connectivity index (χ3n) is 10.6. The Morgan fingerprint density at radius 2 is 1.61 bits per heavy atom. The van der Waals surface area contributed by atoms with Gasteiger partial charge >= 0.3 is 0 Å². The second-order valence-corrected chi connectivity index (χ2v) is 12.4. The van der Waals surface area contributed by atoms with Gasteiger partial charge in [-0.3, -0.25) is 0 Å². The molecule has 0 spiro atoms. The normalized spacial score (nSPS) is 51.7. The molecule has 4 heteroatoms. The van der Waals surface area contributed by atoms with Crippen LogP contribution in [0.25, 0.3) is 0 Å². The van der Waals surface area contributed by atoms with Crippen molar-refractivity contribution in [1.29, 1.82) is 0 Å². The Balaban J connectivity index is 1.55. The molecule has 4 nitrogen and oxygen atoms in total. The molecule has 4 rings (SSSR count). The van der Waals surface area contributed by atoms with Crippen molar-refractivity contribution in [3.05, 3.63) is 12.2 Å². The van der Waals surface area contributed by atoms with Gasteiger partial charge in [0.25, 0.3) is 0 Å². The van der Waals surface area contributed by atoms with E-state index >= 15 is 0 Å². The van der Waals surface area contributed by atoms with E-state index in [0.29, 0.717) is 29.6 Å². The number of aliphatic hydroxyl groups excluding tert-OH is 4. The SMILES string of the molecule is CC(CO)C/C=C/[C@@H](C)[C@H]1C[C@@H](O)[C@H]2[C@@H]3C[C@H](O)[C@H]4C[C@@H](O)CC[C@]4(C)[C@H]3CC[C@@]21C. The molecule has 0 saturated heterocycles. The van der Waals surface area contributed by atoms with E-state index in [0.717, 1.165) is 44.9 Å². The zero-order chi connectivity index (χ0) is 22.6. The van der Waals surface area contributed by atoms with Gasteiger partial charge in [0.05, 0.1) is 18.3 Å². The van der Waals surface area contributed by atoms with Crippen LogP contribution in [-0.4, -0.2) is 45.3 Å².